The number of rotatable bonds is 18. The first-order valence-electron chi connectivity index (χ1n) is 19.5. The van der Waals surface area contributed by atoms with E-state index in [1.54, 1.807) is 20.3 Å². The lowest BCUT2D eigenvalue weighted by Gasteiger charge is -2.50. The Morgan fingerprint density at radius 1 is 0.741 bits per heavy atom. The summed E-state index contributed by atoms with van der Waals surface area (Å²) in [7, 11) is 3.12. The van der Waals surface area contributed by atoms with Gasteiger partial charge in [-0.2, -0.15) is 0 Å². The highest BCUT2D eigenvalue weighted by Gasteiger charge is 2.57. The number of amides is 1. The molecule has 0 spiro atoms. The number of nitrogens with one attached hydrogen (secondary N) is 1. The molecule has 0 saturated carbocycles. The van der Waals surface area contributed by atoms with Gasteiger partial charge in [-0.05, 0) is 82.5 Å². The maximum absolute atomic E-state index is 12.7. The standard InChI is InChI=1S/C47H53NO10/c1-54-39-21-19-35(25-32-13-6-3-7-14-32)37(27-39)29-41(49)44-47(53,30-38-28-40(55-2)22-20-36(38)26-33-15-8-4-9-16-33)43(51)42(50)45(58-44)56-24-12-23-48-46(52)57-31-34-17-10-5-11-18-34/h3-11,13-22,27-28,41-45,49-51,53H,12,23-26,29-31H2,1-2H3,(H,48,52)/t41?,42-,43+,44+,45-,47-/m0/s1. The Morgan fingerprint density at radius 2 is 1.28 bits per heavy atom. The highest BCUT2D eigenvalue weighted by atomic mass is 16.7. The molecule has 1 amide bonds. The molecular formula is C47H53NO10. The number of benzene rings is 5. The number of hydrogen-bond donors (Lipinski definition) is 5. The van der Waals surface area contributed by atoms with Gasteiger partial charge in [0.05, 0.1) is 26.9 Å². The van der Waals surface area contributed by atoms with Crippen molar-refractivity contribution in [2.75, 3.05) is 27.4 Å². The molecule has 5 aromatic rings. The van der Waals surface area contributed by atoms with E-state index in [-0.39, 0.29) is 32.6 Å². The van der Waals surface area contributed by atoms with Crippen LogP contribution in [0.1, 0.15) is 45.4 Å². The molecule has 0 bridgehead atoms. The van der Waals surface area contributed by atoms with Crippen molar-refractivity contribution in [3.63, 3.8) is 0 Å². The largest absolute Gasteiger partial charge is 0.497 e. The van der Waals surface area contributed by atoms with Gasteiger partial charge < -0.3 is 49.4 Å². The number of hydrogen-bond acceptors (Lipinski definition) is 10. The van der Waals surface area contributed by atoms with Crippen molar-refractivity contribution < 1.29 is 48.9 Å². The minimum absolute atomic E-state index is 0.0167. The summed E-state index contributed by atoms with van der Waals surface area (Å²) in [4.78, 5) is 12.3. The zero-order valence-corrected chi connectivity index (χ0v) is 32.9. The molecule has 0 aliphatic carbocycles. The second-order valence-corrected chi connectivity index (χ2v) is 14.6. The van der Waals surface area contributed by atoms with Gasteiger partial charge in [-0.1, -0.05) is 103 Å². The highest BCUT2D eigenvalue weighted by Crippen LogP contribution is 2.38. The SMILES string of the molecule is COc1ccc(Cc2ccccc2)c(CC(O)[C@H]2O[C@H](OCCCNC(=O)OCc3ccccc3)[C@@H](O)[C@@H](O)[C@@]2(O)Cc2cc(OC)ccc2Cc2ccccc2)c1. The van der Waals surface area contributed by atoms with Crippen molar-refractivity contribution in [3.05, 3.63) is 166 Å². The van der Waals surface area contributed by atoms with Crippen molar-refractivity contribution >= 4 is 6.09 Å². The molecule has 1 unspecified atom stereocenters. The van der Waals surface area contributed by atoms with Gasteiger partial charge in [0.15, 0.2) is 6.29 Å². The summed E-state index contributed by atoms with van der Waals surface area (Å²) in [5.41, 5.74) is 3.98. The van der Waals surface area contributed by atoms with Crippen LogP contribution < -0.4 is 14.8 Å². The van der Waals surface area contributed by atoms with E-state index in [2.05, 4.69) is 5.32 Å². The third-order valence-electron chi connectivity index (χ3n) is 10.5. The molecule has 0 radical (unpaired) electrons. The molecule has 6 atom stereocenters. The van der Waals surface area contributed by atoms with Crippen LogP contribution in [0.15, 0.2) is 127 Å². The summed E-state index contributed by atoms with van der Waals surface area (Å²) in [6, 6.07) is 40.3. The fraction of sp³-hybridized carbons (Fsp3) is 0.340. The number of alkyl carbamates (subject to hydrolysis) is 1. The van der Waals surface area contributed by atoms with Crippen LogP contribution in [0.4, 0.5) is 4.79 Å². The van der Waals surface area contributed by atoms with E-state index in [4.69, 9.17) is 23.7 Å². The maximum atomic E-state index is 12.7. The first-order chi connectivity index (χ1) is 28.2. The van der Waals surface area contributed by atoms with Crippen LogP contribution in [-0.2, 0) is 46.5 Å². The van der Waals surface area contributed by atoms with Crippen LogP contribution in [-0.4, -0.2) is 90.2 Å². The van der Waals surface area contributed by atoms with Crippen LogP contribution in [0, 0.1) is 0 Å². The summed E-state index contributed by atoms with van der Waals surface area (Å²) < 4.78 is 28.6. The second-order valence-electron chi connectivity index (χ2n) is 14.6. The van der Waals surface area contributed by atoms with Gasteiger partial charge in [-0.25, -0.2) is 4.79 Å². The van der Waals surface area contributed by atoms with Crippen molar-refractivity contribution in [1.82, 2.24) is 5.32 Å². The normalized spacial score (nSPS) is 20.9. The van der Waals surface area contributed by atoms with Crippen LogP contribution in [0.5, 0.6) is 11.5 Å². The van der Waals surface area contributed by atoms with Crippen LogP contribution in [0.3, 0.4) is 0 Å². The van der Waals surface area contributed by atoms with Crippen molar-refractivity contribution in [2.24, 2.45) is 0 Å². The molecule has 11 heteroatoms. The number of aliphatic hydroxyl groups is 4. The lowest BCUT2D eigenvalue weighted by atomic mass is 9.75. The average molecular weight is 792 g/mol. The summed E-state index contributed by atoms with van der Waals surface area (Å²) >= 11 is 0. The van der Waals surface area contributed by atoms with Gasteiger partial charge in [0.25, 0.3) is 0 Å². The lowest BCUT2D eigenvalue weighted by molar-refractivity contribution is -0.340. The maximum Gasteiger partial charge on any atom is 0.407 e. The van der Waals surface area contributed by atoms with Gasteiger partial charge in [0, 0.05) is 19.4 Å². The van der Waals surface area contributed by atoms with Crippen LogP contribution >= 0.6 is 0 Å². The van der Waals surface area contributed by atoms with Gasteiger partial charge >= 0.3 is 6.09 Å². The van der Waals surface area contributed by atoms with Crippen LogP contribution in [0.25, 0.3) is 0 Å². The molecule has 1 saturated heterocycles. The molecule has 306 valence electrons. The smallest absolute Gasteiger partial charge is 0.407 e. The summed E-state index contributed by atoms with van der Waals surface area (Å²) in [5, 5.41) is 50.9. The zero-order chi connectivity index (χ0) is 40.9. The average Bonchev–Trinajstić information content (AvgIpc) is 3.25. The van der Waals surface area contributed by atoms with E-state index in [9.17, 15) is 25.2 Å². The van der Waals surface area contributed by atoms with Crippen molar-refractivity contribution in [2.45, 2.75) is 75.0 Å². The number of aliphatic hydroxyl groups excluding tert-OH is 3. The number of ether oxygens (including phenoxy) is 5. The van der Waals surface area contributed by atoms with Crippen LogP contribution in [0.2, 0.25) is 0 Å². The van der Waals surface area contributed by atoms with E-state index in [1.807, 2.05) is 121 Å². The third-order valence-corrected chi connectivity index (χ3v) is 10.5. The fourth-order valence-corrected chi connectivity index (χ4v) is 7.39. The van der Waals surface area contributed by atoms with E-state index in [0.717, 1.165) is 33.4 Å². The summed E-state index contributed by atoms with van der Waals surface area (Å²) in [6.07, 6.45) is -7.07. The molecule has 1 aliphatic rings. The van der Waals surface area contributed by atoms with Crippen molar-refractivity contribution in [3.8, 4) is 11.5 Å². The Kier molecular flexibility index (Phi) is 14.9. The molecule has 1 aliphatic heterocycles. The quantitative estimate of drug-likeness (QED) is 0.0715. The Hall–Kier alpha value is -5.27. The summed E-state index contributed by atoms with van der Waals surface area (Å²) in [5.74, 6) is 1.13. The Balaban J connectivity index is 1.23. The molecule has 5 N–H and O–H groups in total. The minimum atomic E-state index is -2.20. The van der Waals surface area contributed by atoms with E-state index < -0.39 is 42.4 Å². The van der Waals surface area contributed by atoms with Gasteiger partial charge in [0.2, 0.25) is 0 Å². The van der Waals surface area contributed by atoms with E-state index in [0.29, 0.717) is 36.3 Å². The predicted octanol–water partition coefficient (Wildman–Crippen LogP) is 5.54. The number of carbonyl (C=O) groups excluding carboxylic acids is 1. The molecule has 1 fully saturated rings. The Morgan fingerprint density at radius 3 is 1.84 bits per heavy atom. The zero-order valence-electron chi connectivity index (χ0n) is 32.9. The Labute approximate surface area is 339 Å². The first-order valence-corrected chi connectivity index (χ1v) is 19.5. The number of methoxy groups -OCH3 is 2. The van der Waals surface area contributed by atoms with Crippen molar-refractivity contribution in [1.29, 1.82) is 0 Å². The van der Waals surface area contributed by atoms with Gasteiger partial charge in [-0.3, -0.25) is 0 Å². The first kappa shape index (κ1) is 42.3. The predicted molar refractivity (Wildman–Crippen MR) is 219 cm³/mol. The van der Waals surface area contributed by atoms with Gasteiger partial charge in [-0.15, -0.1) is 0 Å². The highest BCUT2D eigenvalue weighted by molar-refractivity contribution is 5.67. The topological polar surface area (TPSA) is 156 Å². The van der Waals surface area contributed by atoms with E-state index in [1.165, 1.54) is 0 Å². The minimum Gasteiger partial charge on any atom is -0.497 e. The molecule has 5 aromatic carbocycles. The molecule has 11 nitrogen and oxygen atoms in total. The molecule has 58 heavy (non-hydrogen) atoms. The molecule has 6 rings (SSSR count). The Bertz CT molecular complexity index is 2030. The van der Waals surface area contributed by atoms with Gasteiger partial charge in [0.1, 0.15) is 42.0 Å². The summed E-state index contributed by atoms with van der Waals surface area (Å²) in [6.45, 7) is 0.348. The lowest BCUT2D eigenvalue weighted by Crippen LogP contribution is -2.70. The molecule has 1 heterocycles. The number of carbonyl (C=O) groups is 1. The molecular weight excluding hydrogens is 739 g/mol. The fourth-order valence-electron chi connectivity index (χ4n) is 7.39. The van der Waals surface area contributed by atoms with E-state index >= 15 is 0 Å². The second kappa shape index (κ2) is 20.4. The third kappa shape index (κ3) is 11.0. The monoisotopic (exact) mass is 791 g/mol. The molecule has 0 aromatic heterocycles.